The maximum atomic E-state index is 11.9. The van der Waals surface area contributed by atoms with Gasteiger partial charge in [0.1, 0.15) is 5.76 Å². The number of fused-ring (bicyclic) bond motifs is 1. The van der Waals surface area contributed by atoms with Crippen molar-refractivity contribution in [3.05, 3.63) is 64.2 Å². The van der Waals surface area contributed by atoms with E-state index in [1.807, 2.05) is 43.3 Å². The second-order valence-electron chi connectivity index (χ2n) is 4.60. The van der Waals surface area contributed by atoms with Crippen LogP contribution in [-0.4, -0.2) is 4.98 Å². The molecule has 0 fully saturated rings. The van der Waals surface area contributed by atoms with Crippen molar-refractivity contribution in [3.63, 3.8) is 0 Å². The van der Waals surface area contributed by atoms with Crippen molar-refractivity contribution in [2.45, 2.75) is 13.8 Å². The molecule has 94 valence electrons. The second-order valence-corrected chi connectivity index (χ2v) is 4.60. The van der Waals surface area contributed by atoms with Crippen LogP contribution in [0.3, 0.4) is 0 Å². The van der Waals surface area contributed by atoms with Crippen LogP contribution in [0.2, 0.25) is 0 Å². The topological polar surface area (TPSA) is 43.1 Å². The lowest BCUT2D eigenvalue weighted by Crippen LogP contribution is -2.04. The molecule has 19 heavy (non-hydrogen) atoms. The fourth-order valence-electron chi connectivity index (χ4n) is 2.24. The first-order chi connectivity index (χ1) is 9.15. The van der Waals surface area contributed by atoms with Crippen molar-refractivity contribution < 1.29 is 4.42 Å². The van der Waals surface area contributed by atoms with Crippen LogP contribution in [0, 0.1) is 13.8 Å². The Hall–Kier alpha value is -2.42. The molecular formula is C16H13NO2. The molecule has 0 aliphatic rings. The van der Waals surface area contributed by atoms with E-state index in [1.165, 1.54) is 0 Å². The molecule has 2 heterocycles. The van der Waals surface area contributed by atoms with Gasteiger partial charge >= 0.3 is 5.63 Å². The first-order valence-electron chi connectivity index (χ1n) is 6.12. The van der Waals surface area contributed by atoms with Gasteiger partial charge in [-0.1, -0.05) is 30.3 Å². The van der Waals surface area contributed by atoms with E-state index in [1.54, 1.807) is 13.0 Å². The summed E-state index contributed by atoms with van der Waals surface area (Å²) in [6.45, 7) is 3.66. The van der Waals surface area contributed by atoms with E-state index in [0.29, 0.717) is 16.7 Å². The van der Waals surface area contributed by atoms with E-state index in [-0.39, 0.29) is 5.63 Å². The molecule has 1 aromatic carbocycles. The van der Waals surface area contributed by atoms with Crippen LogP contribution in [0.25, 0.3) is 22.2 Å². The largest absolute Gasteiger partial charge is 0.428 e. The van der Waals surface area contributed by atoms with Crippen LogP contribution in [-0.2, 0) is 0 Å². The molecule has 3 heteroatoms. The third kappa shape index (κ3) is 2.03. The highest BCUT2D eigenvalue weighted by molar-refractivity contribution is 5.83. The summed E-state index contributed by atoms with van der Waals surface area (Å²) < 4.78 is 5.12. The van der Waals surface area contributed by atoms with Crippen LogP contribution in [0.4, 0.5) is 0 Å². The summed E-state index contributed by atoms with van der Waals surface area (Å²) in [5.41, 5.74) is 3.17. The zero-order valence-electron chi connectivity index (χ0n) is 10.8. The van der Waals surface area contributed by atoms with Crippen LogP contribution in [0.15, 0.2) is 51.7 Å². The molecule has 0 saturated carbocycles. The lowest BCUT2D eigenvalue weighted by Gasteiger charge is -2.06. The molecule has 3 nitrogen and oxygen atoms in total. The highest BCUT2D eigenvalue weighted by Crippen LogP contribution is 2.22. The Morgan fingerprint density at radius 1 is 1.05 bits per heavy atom. The highest BCUT2D eigenvalue weighted by atomic mass is 16.4. The van der Waals surface area contributed by atoms with Gasteiger partial charge in [-0.2, -0.15) is 0 Å². The highest BCUT2D eigenvalue weighted by Gasteiger charge is 2.09. The van der Waals surface area contributed by atoms with Crippen molar-refractivity contribution in [2.24, 2.45) is 0 Å². The van der Waals surface area contributed by atoms with E-state index < -0.39 is 0 Å². The van der Waals surface area contributed by atoms with Gasteiger partial charge in [-0.15, -0.1) is 0 Å². The van der Waals surface area contributed by atoms with Crippen LogP contribution >= 0.6 is 0 Å². The molecule has 0 atom stereocenters. The summed E-state index contributed by atoms with van der Waals surface area (Å²) in [6.07, 6.45) is 0. The van der Waals surface area contributed by atoms with Gasteiger partial charge in [0.2, 0.25) is 0 Å². The number of nitrogens with zero attached hydrogens (tertiary/aromatic N) is 1. The fourth-order valence-corrected chi connectivity index (χ4v) is 2.24. The predicted octanol–water partition coefficient (Wildman–Crippen LogP) is 3.47. The molecule has 0 N–H and O–H groups in total. The third-order valence-electron chi connectivity index (χ3n) is 3.11. The van der Waals surface area contributed by atoms with Gasteiger partial charge in [0, 0.05) is 11.6 Å². The van der Waals surface area contributed by atoms with Crippen LogP contribution < -0.4 is 5.63 Å². The molecule has 0 amide bonds. The van der Waals surface area contributed by atoms with E-state index in [2.05, 4.69) is 4.98 Å². The monoisotopic (exact) mass is 251 g/mol. The quantitative estimate of drug-likeness (QED) is 0.665. The van der Waals surface area contributed by atoms with E-state index >= 15 is 0 Å². The van der Waals surface area contributed by atoms with Crippen molar-refractivity contribution in [1.29, 1.82) is 0 Å². The molecule has 2 aromatic heterocycles. The van der Waals surface area contributed by atoms with Gasteiger partial charge in [0.05, 0.1) is 16.6 Å². The average molecular weight is 251 g/mol. The molecule has 3 aromatic rings. The molecule has 0 bridgehead atoms. The summed E-state index contributed by atoms with van der Waals surface area (Å²) in [5.74, 6) is 0.578. The molecule has 0 radical (unpaired) electrons. The van der Waals surface area contributed by atoms with Crippen molar-refractivity contribution in [2.75, 3.05) is 0 Å². The van der Waals surface area contributed by atoms with Crippen molar-refractivity contribution >= 4 is 10.9 Å². The zero-order chi connectivity index (χ0) is 13.4. The molecule has 0 unspecified atom stereocenters. The Morgan fingerprint density at radius 2 is 1.79 bits per heavy atom. The summed E-state index contributed by atoms with van der Waals surface area (Å²) in [7, 11) is 0. The molecular weight excluding hydrogens is 238 g/mol. The SMILES string of the molecule is Cc1cc2nc(-c3ccccc3)cc(C)c2c(=O)o1. The average Bonchev–Trinajstić information content (AvgIpc) is 2.38. The van der Waals surface area contributed by atoms with Gasteiger partial charge in [-0.25, -0.2) is 9.78 Å². The van der Waals surface area contributed by atoms with Gasteiger partial charge in [-0.05, 0) is 25.5 Å². The number of hydrogen-bond donors (Lipinski definition) is 0. The standard InChI is InChI=1S/C16H13NO2/c1-10-8-13(12-6-4-3-5-7-12)17-14-9-11(2)19-16(18)15(10)14/h3-9H,1-2H3. The van der Waals surface area contributed by atoms with Gasteiger partial charge in [-0.3, -0.25) is 0 Å². The Morgan fingerprint density at radius 3 is 2.53 bits per heavy atom. The first kappa shape index (κ1) is 11.7. The number of pyridine rings is 1. The molecule has 0 aliphatic heterocycles. The van der Waals surface area contributed by atoms with Crippen molar-refractivity contribution in [1.82, 2.24) is 4.98 Å². The van der Waals surface area contributed by atoms with Gasteiger partial charge < -0.3 is 4.42 Å². The smallest absolute Gasteiger partial charge is 0.345 e. The lowest BCUT2D eigenvalue weighted by atomic mass is 10.1. The normalized spacial score (nSPS) is 10.8. The molecule has 0 aliphatic carbocycles. The predicted molar refractivity (Wildman–Crippen MR) is 75.2 cm³/mol. The maximum absolute atomic E-state index is 11.9. The number of rotatable bonds is 1. The van der Waals surface area contributed by atoms with E-state index in [4.69, 9.17) is 4.42 Å². The lowest BCUT2D eigenvalue weighted by molar-refractivity contribution is 0.488. The number of benzene rings is 1. The zero-order valence-corrected chi connectivity index (χ0v) is 10.8. The van der Waals surface area contributed by atoms with Crippen molar-refractivity contribution in [3.8, 4) is 11.3 Å². The second kappa shape index (κ2) is 4.35. The van der Waals surface area contributed by atoms with Gasteiger partial charge in [0.15, 0.2) is 0 Å². The number of aryl methyl sites for hydroxylation is 2. The Bertz CT molecular complexity index is 804. The van der Waals surface area contributed by atoms with E-state index in [9.17, 15) is 4.79 Å². The Labute approximate surface area is 110 Å². The fraction of sp³-hybridized carbons (Fsp3) is 0.125. The van der Waals surface area contributed by atoms with E-state index in [0.717, 1.165) is 16.8 Å². The van der Waals surface area contributed by atoms with Crippen LogP contribution in [0.5, 0.6) is 0 Å². The number of hydrogen-bond acceptors (Lipinski definition) is 3. The molecule has 3 rings (SSSR count). The first-order valence-corrected chi connectivity index (χ1v) is 6.12. The van der Waals surface area contributed by atoms with Crippen LogP contribution in [0.1, 0.15) is 11.3 Å². The summed E-state index contributed by atoms with van der Waals surface area (Å²) in [4.78, 5) is 16.4. The Kier molecular flexibility index (Phi) is 2.67. The minimum atomic E-state index is -0.320. The molecule has 0 saturated heterocycles. The maximum Gasteiger partial charge on any atom is 0.345 e. The Balaban J connectivity index is 2.34. The summed E-state index contributed by atoms with van der Waals surface area (Å²) in [6, 6.07) is 13.6. The summed E-state index contributed by atoms with van der Waals surface area (Å²) in [5, 5.41) is 0.560. The third-order valence-corrected chi connectivity index (χ3v) is 3.11. The minimum Gasteiger partial charge on any atom is -0.428 e. The van der Waals surface area contributed by atoms with Gasteiger partial charge in [0.25, 0.3) is 0 Å². The number of aromatic nitrogens is 1. The summed E-state index contributed by atoms with van der Waals surface area (Å²) >= 11 is 0. The molecule has 0 spiro atoms. The minimum absolute atomic E-state index is 0.320.